The molecule has 0 fully saturated rings. The number of rotatable bonds is 7. The fraction of sp³-hybridized carbons (Fsp3) is 0.267. The Morgan fingerprint density at radius 3 is 2.68 bits per heavy atom. The SMILES string of the molecule is CNS(=O)(=O)c1cc(C(=O)NCCC(=O)Nc2ccccn2)n(C)c1. The van der Waals surface area contributed by atoms with Gasteiger partial charge in [-0.3, -0.25) is 9.59 Å². The molecular weight excluding hydrogens is 346 g/mol. The molecule has 25 heavy (non-hydrogen) atoms. The van der Waals surface area contributed by atoms with Gasteiger partial charge >= 0.3 is 0 Å². The molecule has 0 saturated carbocycles. The quantitative estimate of drug-likeness (QED) is 0.642. The molecule has 0 unspecified atom stereocenters. The predicted molar refractivity (Wildman–Crippen MR) is 91.5 cm³/mol. The van der Waals surface area contributed by atoms with Crippen LogP contribution in [0.1, 0.15) is 16.9 Å². The van der Waals surface area contributed by atoms with Crippen LogP contribution in [0.25, 0.3) is 0 Å². The molecule has 3 N–H and O–H groups in total. The third-order valence-electron chi connectivity index (χ3n) is 3.36. The molecular formula is C15H19N5O4S. The van der Waals surface area contributed by atoms with Crippen LogP contribution in [0.2, 0.25) is 0 Å². The van der Waals surface area contributed by atoms with Crippen LogP contribution in [0, 0.1) is 0 Å². The molecule has 134 valence electrons. The molecule has 2 aromatic rings. The third-order valence-corrected chi connectivity index (χ3v) is 4.74. The van der Waals surface area contributed by atoms with Crippen molar-refractivity contribution in [3.8, 4) is 0 Å². The lowest BCUT2D eigenvalue weighted by Crippen LogP contribution is -2.29. The average molecular weight is 365 g/mol. The van der Waals surface area contributed by atoms with Crippen molar-refractivity contribution in [3.05, 3.63) is 42.4 Å². The molecule has 2 amide bonds. The van der Waals surface area contributed by atoms with Crippen LogP contribution in [0.5, 0.6) is 0 Å². The van der Waals surface area contributed by atoms with Crippen LogP contribution >= 0.6 is 0 Å². The lowest BCUT2D eigenvalue weighted by molar-refractivity contribution is -0.116. The van der Waals surface area contributed by atoms with Gasteiger partial charge in [-0.05, 0) is 25.2 Å². The Hall–Kier alpha value is -2.72. The minimum absolute atomic E-state index is 0.00412. The Morgan fingerprint density at radius 1 is 1.28 bits per heavy atom. The van der Waals surface area contributed by atoms with Crippen molar-refractivity contribution in [1.29, 1.82) is 0 Å². The Morgan fingerprint density at radius 2 is 2.04 bits per heavy atom. The summed E-state index contributed by atoms with van der Waals surface area (Å²) in [7, 11) is -0.763. The van der Waals surface area contributed by atoms with E-state index in [1.807, 2.05) is 0 Å². The van der Waals surface area contributed by atoms with Gasteiger partial charge in [-0.25, -0.2) is 18.1 Å². The van der Waals surface area contributed by atoms with E-state index in [0.717, 1.165) is 0 Å². The van der Waals surface area contributed by atoms with E-state index in [4.69, 9.17) is 0 Å². The zero-order valence-electron chi connectivity index (χ0n) is 13.8. The number of pyridine rings is 1. The minimum atomic E-state index is -3.62. The van der Waals surface area contributed by atoms with Crippen LogP contribution in [0.15, 0.2) is 41.6 Å². The van der Waals surface area contributed by atoms with Gasteiger partial charge in [0.1, 0.15) is 16.4 Å². The van der Waals surface area contributed by atoms with Gasteiger partial charge in [0, 0.05) is 32.4 Å². The molecule has 0 aromatic carbocycles. The summed E-state index contributed by atoms with van der Waals surface area (Å²) in [4.78, 5) is 27.9. The Bertz CT molecular complexity index is 861. The summed E-state index contributed by atoms with van der Waals surface area (Å²) in [6.45, 7) is 0.108. The van der Waals surface area contributed by atoms with Gasteiger partial charge in [-0.2, -0.15) is 0 Å². The molecule has 0 saturated heterocycles. The molecule has 0 aliphatic carbocycles. The molecule has 0 aliphatic rings. The number of sulfonamides is 1. The highest BCUT2D eigenvalue weighted by molar-refractivity contribution is 7.89. The highest BCUT2D eigenvalue weighted by Crippen LogP contribution is 2.13. The standard InChI is InChI=1S/C15H19N5O4S/c1-16-25(23,24)11-9-12(20(2)10-11)15(22)18-8-6-14(21)19-13-5-3-4-7-17-13/h3-5,7,9-10,16H,6,8H2,1-2H3,(H,18,22)(H,17,19,21). The lowest BCUT2D eigenvalue weighted by atomic mass is 10.3. The number of hydrogen-bond acceptors (Lipinski definition) is 5. The van der Waals surface area contributed by atoms with E-state index in [-0.39, 0.29) is 29.5 Å². The van der Waals surface area contributed by atoms with E-state index in [2.05, 4.69) is 20.3 Å². The van der Waals surface area contributed by atoms with Crippen molar-refractivity contribution in [2.24, 2.45) is 7.05 Å². The fourth-order valence-corrected chi connectivity index (χ4v) is 2.85. The summed E-state index contributed by atoms with van der Waals surface area (Å²) in [6, 6.07) is 6.41. The second-order valence-corrected chi connectivity index (χ2v) is 7.04. The number of amides is 2. The van der Waals surface area contributed by atoms with E-state index in [9.17, 15) is 18.0 Å². The van der Waals surface area contributed by atoms with Gasteiger partial charge in [-0.15, -0.1) is 0 Å². The second-order valence-electron chi connectivity index (χ2n) is 5.15. The summed E-state index contributed by atoms with van der Waals surface area (Å²) >= 11 is 0. The van der Waals surface area contributed by atoms with Crippen LogP contribution in [0.3, 0.4) is 0 Å². The summed E-state index contributed by atoms with van der Waals surface area (Å²) in [5.74, 6) is -0.321. The Labute approximate surface area is 145 Å². The number of hydrogen-bond donors (Lipinski definition) is 3. The second kappa shape index (κ2) is 7.90. The molecule has 9 nitrogen and oxygen atoms in total. The van der Waals surface area contributed by atoms with Gasteiger partial charge < -0.3 is 15.2 Å². The van der Waals surface area contributed by atoms with Crippen LogP contribution in [-0.4, -0.2) is 43.4 Å². The van der Waals surface area contributed by atoms with E-state index >= 15 is 0 Å². The molecule has 2 rings (SSSR count). The minimum Gasteiger partial charge on any atom is -0.350 e. The molecule has 2 aromatic heterocycles. The fourth-order valence-electron chi connectivity index (χ4n) is 2.05. The first-order chi connectivity index (χ1) is 11.8. The first kappa shape index (κ1) is 18.6. The average Bonchev–Trinajstić information content (AvgIpc) is 2.98. The smallest absolute Gasteiger partial charge is 0.267 e. The number of nitrogens with zero attached hydrogens (tertiary/aromatic N) is 2. The Kier molecular flexibility index (Phi) is 5.88. The highest BCUT2D eigenvalue weighted by atomic mass is 32.2. The monoisotopic (exact) mass is 365 g/mol. The third kappa shape index (κ3) is 4.88. The van der Waals surface area contributed by atoms with Gasteiger partial charge in [-0.1, -0.05) is 6.07 Å². The normalized spacial score (nSPS) is 11.1. The lowest BCUT2D eigenvalue weighted by Gasteiger charge is -2.06. The zero-order valence-corrected chi connectivity index (χ0v) is 14.6. The first-order valence-corrected chi connectivity index (χ1v) is 8.91. The molecule has 0 spiro atoms. The predicted octanol–water partition coefficient (Wildman–Crippen LogP) is 0.0868. The number of aryl methyl sites for hydroxylation is 1. The van der Waals surface area contributed by atoms with Crippen molar-refractivity contribution in [2.75, 3.05) is 18.9 Å². The maximum atomic E-state index is 12.1. The zero-order chi connectivity index (χ0) is 18.4. The van der Waals surface area contributed by atoms with E-state index in [1.165, 1.54) is 23.9 Å². The van der Waals surface area contributed by atoms with Crippen molar-refractivity contribution in [3.63, 3.8) is 0 Å². The summed E-state index contributed by atoms with van der Waals surface area (Å²) in [6.07, 6.45) is 2.96. The van der Waals surface area contributed by atoms with Gasteiger partial charge in [0.05, 0.1) is 0 Å². The Balaban J connectivity index is 1.89. The number of anilines is 1. The van der Waals surface area contributed by atoms with E-state index in [1.54, 1.807) is 31.4 Å². The first-order valence-electron chi connectivity index (χ1n) is 7.42. The van der Waals surface area contributed by atoms with Crippen molar-refractivity contribution < 1.29 is 18.0 Å². The maximum Gasteiger partial charge on any atom is 0.267 e. The number of nitrogens with one attached hydrogen (secondary N) is 3. The molecule has 0 radical (unpaired) electrons. The van der Waals surface area contributed by atoms with Gasteiger partial charge in [0.25, 0.3) is 5.91 Å². The van der Waals surface area contributed by atoms with Gasteiger partial charge in [0.15, 0.2) is 0 Å². The van der Waals surface area contributed by atoms with Crippen molar-refractivity contribution in [2.45, 2.75) is 11.3 Å². The largest absolute Gasteiger partial charge is 0.350 e. The van der Waals surface area contributed by atoms with Crippen molar-refractivity contribution >= 4 is 27.7 Å². The molecule has 10 heteroatoms. The molecule has 2 heterocycles. The van der Waals surface area contributed by atoms with Crippen molar-refractivity contribution in [1.82, 2.24) is 19.6 Å². The van der Waals surface area contributed by atoms with Crippen LogP contribution in [-0.2, 0) is 21.9 Å². The number of aromatic nitrogens is 2. The summed E-state index contributed by atoms with van der Waals surface area (Å²) in [5.41, 5.74) is 0.180. The van der Waals surface area contributed by atoms with Crippen LogP contribution < -0.4 is 15.4 Å². The number of carbonyl (C=O) groups excluding carboxylic acids is 2. The highest BCUT2D eigenvalue weighted by Gasteiger charge is 2.19. The molecule has 0 bridgehead atoms. The molecule has 0 aliphatic heterocycles. The van der Waals surface area contributed by atoms with E-state index in [0.29, 0.717) is 5.82 Å². The maximum absolute atomic E-state index is 12.1. The molecule has 0 atom stereocenters. The summed E-state index contributed by atoms with van der Waals surface area (Å²) < 4.78 is 27.1. The number of carbonyl (C=O) groups is 2. The van der Waals surface area contributed by atoms with E-state index < -0.39 is 15.9 Å². The van der Waals surface area contributed by atoms with Crippen LogP contribution in [0.4, 0.5) is 5.82 Å². The summed E-state index contributed by atoms with van der Waals surface area (Å²) in [5, 5.41) is 5.19. The topological polar surface area (TPSA) is 122 Å². The van der Waals surface area contributed by atoms with Gasteiger partial charge in [0.2, 0.25) is 15.9 Å².